The minimum Gasteiger partial charge on any atom is -0.295 e. The van der Waals surface area contributed by atoms with Crippen LogP contribution >= 0.6 is 0 Å². The number of hydrogen-bond acceptors (Lipinski definition) is 5. The van der Waals surface area contributed by atoms with Gasteiger partial charge in [0.2, 0.25) is 11.8 Å². The number of rotatable bonds is 0. The van der Waals surface area contributed by atoms with Gasteiger partial charge in [0.15, 0.2) is 5.41 Å². The zero-order valence-electron chi connectivity index (χ0n) is 9.67. The molecule has 0 radical (unpaired) electrons. The fourth-order valence-corrected chi connectivity index (χ4v) is 2.57. The van der Waals surface area contributed by atoms with Crippen LogP contribution in [0.5, 0.6) is 0 Å². The molecule has 96 valence electrons. The van der Waals surface area contributed by atoms with E-state index in [2.05, 4.69) is 5.32 Å². The van der Waals surface area contributed by atoms with Gasteiger partial charge in [0.25, 0.3) is 11.8 Å². The molecule has 3 rings (SSSR count). The highest BCUT2D eigenvalue weighted by atomic mass is 16.2. The van der Waals surface area contributed by atoms with E-state index in [1.54, 1.807) is 12.1 Å². The van der Waals surface area contributed by atoms with Crippen LogP contribution in [0.4, 0.5) is 0 Å². The van der Waals surface area contributed by atoms with Crippen LogP contribution < -0.4 is 11.2 Å². The summed E-state index contributed by atoms with van der Waals surface area (Å²) in [6, 6.07) is 6.17. The summed E-state index contributed by atoms with van der Waals surface area (Å²) in [7, 11) is 0. The van der Waals surface area contributed by atoms with Crippen molar-refractivity contribution in [3.05, 3.63) is 35.4 Å². The molecule has 1 atom stereocenters. The first-order valence-corrected chi connectivity index (χ1v) is 5.56. The molecule has 19 heavy (non-hydrogen) atoms. The van der Waals surface area contributed by atoms with Crippen molar-refractivity contribution in [2.24, 2.45) is 5.84 Å². The average molecular weight is 259 g/mol. The highest BCUT2D eigenvalue weighted by Gasteiger charge is 2.60. The van der Waals surface area contributed by atoms with E-state index in [9.17, 15) is 19.2 Å². The summed E-state index contributed by atoms with van der Waals surface area (Å²) in [6.45, 7) is 0. The first kappa shape index (κ1) is 11.5. The van der Waals surface area contributed by atoms with Gasteiger partial charge in [0.1, 0.15) is 0 Å². The average Bonchev–Trinajstić information content (AvgIpc) is 2.70. The highest BCUT2D eigenvalue weighted by Crippen LogP contribution is 2.39. The Balaban J connectivity index is 2.33. The van der Waals surface area contributed by atoms with Gasteiger partial charge in [-0.2, -0.15) is 0 Å². The third-order valence-electron chi connectivity index (χ3n) is 3.49. The van der Waals surface area contributed by atoms with E-state index in [0.717, 1.165) is 0 Å². The molecule has 0 aromatic heterocycles. The van der Waals surface area contributed by atoms with Crippen LogP contribution in [0.25, 0.3) is 0 Å². The van der Waals surface area contributed by atoms with Crippen LogP contribution in [0, 0.1) is 0 Å². The van der Waals surface area contributed by atoms with Gasteiger partial charge in [-0.05, 0) is 11.6 Å². The van der Waals surface area contributed by atoms with Gasteiger partial charge in [-0.1, -0.05) is 18.2 Å². The Morgan fingerprint density at radius 2 is 1.84 bits per heavy atom. The van der Waals surface area contributed by atoms with Gasteiger partial charge in [0.05, 0.1) is 6.42 Å². The maximum atomic E-state index is 12.2. The molecule has 2 aliphatic heterocycles. The lowest BCUT2D eigenvalue weighted by atomic mass is 9.73. The van der Waals surface area contributed by atoms with Gasteiger partial charge >= 0.3 is 0 Å². The van der Waals surface area contributed by atoms with Crippen molar-refractivity contribution in [3.63, 3.8) is 0 Å². The normalized spacial score (nSPS) is 25.8. The van der Waals surface area contributed by atoms with E-state index in [-0.39, 0.29) is 17.5 Å². The van der Waals surface area contributed by atoms with Gasteiger partial charge in [-0.3, -0.25) is 24.5 Å². The SMILES string of the molecule is NN1C(=O)c2ccccc2[C@@]2(CC(=O)NC2=O)C1=O. The predicted molar refractivity (Wildman–Crippen MR) is 61.3 cm³/mol. The standard InChI is InChI=1S/C12H9N3O4/c13-15-9(17)6-3-1-2-4-7(6)12(11(15)19)5-8(16)14-10(12)18/h1-4H,5,13H2,(H,14,16,18)/t12-/m1/s1. The Morgan fingerprint density at radius 1 is 1.16 bits per heavy atom. The maximum absolute atomic E-state index is 12.2. The number of nitrogens with two attached hydrogens (primary N) is 1. The van der Waals surface area contributed by atoms with Crippen molar-refractivity contribution in [3.8, 4) is 0 Å². The molecule has 3 N–H and O–H groups in total. The second-order valence-corrected chi connectivity index (χ2v) is 4.49. The molecule has 1 fully saturated rings. The molecule has 7 heteroatoms. The number of hydrazine groups is 1. The molecule has 4 amide bonds. The number of carbonyl (C=O) groups is 4. The van der Waals surface area contributed by atoms with E-state index in [0.29, 0.717) is 5.01 Å². The van der Waals surface area contributed by atoms with Gasteiger partial charge < -0.3 is 0 Å². The summed E-state index contributed by atoms with van der Waals surface area (Å²) < 4.78 is 0. The number of fused-ring (bicyclic) bond motifs is 2. The number of nitrogens with one attached hydrogen (secondary N) is 1. The Morgan fingerprint density at radius 3 is 2.47 bits per heavy atom. The third-order valence-corrected chi connectivity index (χ3v) is 3.49. The quantitative estimate of drug-likeness (QED) is 0.264. The molecular weight excluding hydrogens is 250 g/mol. The Labute approximate surface area is 107 Å². The van der Waals surface area contributed by atoms with E-state index in [1.165, 1.54) is 12.1 Å². The van der Waals surface area contributed by atoms with E-state index < -0.39 is 29.0 Å². The minimum absolute atomic E-state index is 0.162. The smallest absolute Gasteiger partial charge is 0.275 e. The fourth-order valence-electron chi connectivity index (χ4n) is 2.57. The highest BCUT2D eigenvalue weighted by molar-refractivity contribution is 6.27. The van der Waals surface area contributed by atoms with Crippen molar-refractivity contribution < 1.29 is 19.2 Å². The third kappa shape index (κ3) is 1.24. The largest absolute Gasteiger partial charge is 0.295 e. The van der Waals surface area contributed by atoms with Crippen LogP contribution in [-0.2, 0) is 19.8 Å². The Bertz CT molecular complexity index is 654. The van der Waals surface area contributed by atoms with E-state index in [4.69, 9.17) is 5.84 Å². The first-order valence-electron chi connectivity index (χ1n) is 5.56. The fraction of sp³-hybridized carbons (Fsp3) is 0.167. The lowest BCUT2D eigenvalue weighted by Crippen LogP contribution is -2.59. The van der Waals surface area contributed by atoms with Crippen LogP contribution in [0.15, 0.2) is 24.3 Å². The molecule has 0 bridgehead atoms. The van der Waals surface area contributed by atoms with Gasteiger partial charge in [-0.15, -0.1) is 0 Å². The summed E-state index contributed by atoms with van der Waals surface area (Å²) in [4.78, 5) is 47.6. The van der Waals surface area contributed by atoms with Crippen molar-refractivity contribution in [1.29, 1.82) is 0 Å². The molecule has 1 saturated heterocycles. The molecular formula is C12H9N3O4. The number of carbonyl (C=O) groups excluding carboxylic acids is 4. The second kappa shape index (κ2) is 3.48. The number of nitrogens with zero attached hydrogens (tertiary/aromatic N) is 1. The molecule has 2 heterocycles. The molecule has 1 aromatic carbocycles. The van der Waals surface area contributed by atoms with Gasteiger partial charge in [-0.25, -0.2) is 10.9 Å². The van der Waals surface area contributed by atoms with E-state index >= 15 is 0 Å². The van der Waals surface area contributed by atoms with Crippen LogP contribution in [-0.4, -0.2) is 28.6 Å². The molecule has 1 aromatic rings. The van der Waals surface area contributed by atoms with Crippen LogP contribution in [0.1, 0.15) is 22.3 Å². The van der Waals surface area contributed by atoms with Crippen molar-refractivity contribution >= 4 is 23.6 Å². The summed E-state index contributed by atoms with van der Waals surface area (Å²) in [6.07, 6.45) is -0.331. The van der Waals surface area contributed by atoms with Crippen LogP contribution in [0.2, 0.25) is 0 Å². The minimum atomic E-state index is -1.71. The van der Waals surface area contributed by atoms with E-state index in [1.807, 2.05) is 0 Å². The summed E-state index contributed by atoms with van der Waals surface area (Å²) in [5, 5.41) is 2.50. The molecule has 2 aliphatic rings. The lowest BCUT2D eigenvalue weighted by Gasteiger charge is -2.34. The monoisotopic (exact) mass is 259 g/mol. The molecule has 1 spiro atoms. The Kier molecular flexibility index (Phi) is 2.12. The number of benzene rings is 1. The van der Waals surface area contributed by atoms with Crippen molar-refractivity contribution in [1.82, 2.24) is 10.3 Å². The molecule has 7 nitrogen and oxygen atoms in total. The predicted octanol–water partition coefficient (Wildman–Crippen LogP) is -1.17. The summed E-state index contributed by atoms with van der Waals surface area (Å²) >= 11 is 0. The summed E-state index contributed by atoms with van der Waals surface area (Å²) in [5.41, 5.74) is -1.32. The first-order chi connectivity index (χ1) is 8.98. The molecule has 0 saturated carbocycles. The maximum Gasteiger partial charge on any atom is 0.275 e. The zero-order valence-corrected chi connectivity index (χ0v) is 9.67. The van der Waals surface area contributed by atoms with Crippen LogP contribution in [0.3, 0.4) is 0 Å². The number of hydrogen-bond donors (Lipinski definition) is 2. The van der Waals surface area contributed by atoms with Crippen molar-refractivity contribution in [2.45, 2.75) is 11.8 Å². The number of imide groups is 2. The van der Waals surface area contributed by atoms with Gasteiger partial charge in [0, 0.05) is 5.56 Å². The molecule has 0 aliphatic carbocycles. The second-order valence-electron chi connectivity index (χ2n) is 4.49. The van der Waals surface area contributed by atoms with Crippen molar-refractivity contribution in [2.75, 3.05) is 0 Å². The molecule has 0 unspecified atom stereocenters. The summed E-state index contributed by atoms with van der Waals surface area (Å²) in [5.74, 6) is 2.59. The number of amides is 4. The lowest BCUT2D eigenvalue weighted by molar-refractivity contribution is -0.141. The zero-order chi connectivity index (χ0) is 13.8. The topological polar surface area (TPSA) is 110 Å². The Hall–Kier alpha value is -2.54.